The number of nitrogens with zero attached hydrogens (tertiary/aromatic N) is 1. The second-order valence-electron chi connectivity index (χ2n) is 18.9. The number of carbonyl (C=O) groups is 2. The van der Waals surface area contributed by atoms with Gasteiger partial charge < -0.3 is 18.9 Å². The maximum Gasteiger partial charge on any atom is 0.472 e. The predicted octanol–water partition coefficient (Wildman–Crippen LogP) is 16.5. The van der Waals surface area contributed by atoms with E-state index in [1.165, 1.54) is 116 Å². The van der Waals surface area contributed by atoms with E-state index in [0.717, 1.165) is 57.8 Å². The van der Waals surface area contributed by atoms with E-state index in [4.69, 9.17) is 18.5 Å². The van der Waals surface area contributed by atoms with Crippen LogP contribution in [0, 0.1) is 0 Å². The van der Waals surface area contributed by atoms with Crippen LogP contribution in [0.1, 0.15) is 206 Å². The van der Waals surface area contributed by atoms with Gasteiger partial charge >= 0.3 is 19.8 Å². The molecule has 0 radical (unpaired) electrons. The molecule has 2 atom stereocenters. The van der Waals surface area contributed by atoms with Gasteiger partial charge in [0.15, 0.2) is 6.10 Å². The molecule has 0 aliphatic carbocycles. The Bertz CT molecular complexity index is 1470. The van der Waals surface area contributed by atoms with Gasteiger partial charge in [-0.25, -0.2) is 4.57 Å². The third-order valence-electron chi connectivity index (χ3n) is 11.1. The van der Waals surface area contributed by atoms with Gasteiger partial charge in [-0.05, 0) is 77.0 Å². The van der Waals surface area contributed by atoms with Crippen LogP contribution < -0.4 is 0 Å². The fourth-order valence-corrected chi connectivity index (χ4v) is 7.72. The van der Waals surface area contributed by atoms with Gasteiger partial charge in [0.25, 0.3) is 0 Å². The van der Waals surface area contributed by atoms with Crippen molar-refractivity contribution in [2.45, 2.75) is 213 Å². The summed E-state index contributed by atoms with van der Waals surface area (Å²) in [6, 6.07) is 0. The van der Waals surface area contributed by atoms with Gasteiger partial charge in [-0.15, -0.1) is 0 Å². The van der Waals surface area contributed by atoms with E-state index in [9.17, 15) is 19.0 Å². The highest BCUT2D eigenvalue weighted by Crippen LogP contribution is 2.43. The van der Waals surface area contributed by atoms with Crippen LogP contribution in [0.15, 0.2) is 97.2 Å². The summed E-state index contributed by atoms with van der Waals surface area (Å²) in [5, 5.41) is 0. The molecule has 0 aliphatic rings. The van der Waals surface area contributed by atoms with Gasteiger partial charge in [-0.1, -0.05) is 214 Å². The van der Waals surface area contributed by atoms with Crippen molar-refractivity contribution in [2.75, 3.05) is 47.5 Å². The highest BCUT2D eigenvalue weighted by atomic mass is 31.2. The van der Waals surface area contributed by atoms with Crippen molar-refractivity contribution in [3.63, 3.8) is 0 Å². The summed E-state index contributed by atoms with van der Waals surface area (Å²) < 4.78 is 34.3. The third kappa shape index (κ3) is 52.3. The Morgan fingerprint density at radius 2 is 0.882 bits per heavy atom. The molecule has 0 bridgehead atoms. The van der Waals surface area contributed by atoms with Crippen molar-refractivity contribution in [2.24, 2.45) is 0 Å². The molecule has 0 aromatic carbocycles. The minimum absolute atomic E-state index is 0.00427. The van der Waals surface area contributed by atoms with E-state index in [1.54, 1.807) is 6.08 Å². The molecule has 2 unspecified atom stereocenters. The first-order valence-corrected chi connectivity index (χ1v) is 28.5. The number of unbranched alkanes of at least 4 members (excludes halogenated alkanes) is 19. The minimum Gasteiger partial charge on any atom is -0.462 e. The molecule has 0 fully saturated rings. The van der Waals surface area contributed by atoms with Gasteiger partial charge in [-0.2, -0.15) is 0 Å². The molecule has 0 aromatic heterocycles. The Morgan fingerprint density at radius 1 is 0.485 bits per heavy atom. The van der Waals surface area contributed by atoms with E-state index in [1.807, 2.05) is 33.3 Å². The van der Waals surface area contributed by atoms with Gasteiger partial charge in [0.05, 0.1) is 34.2 Å². The topological polar surface area (TPSA) is 108 Å². The number of quaternary nitrogens is 1. The number of phosphoric acid groups is 1. The van der Waals surface area contributed by atoms with Crippen molar-refractivity contribution >= 4 is 19.8 Å². The summed E-state index contributed by atoms with van der Waals surface area (Å²) in [6.07, 6.45) is 66.6. The van der Waals surface area contributed by atoms with Gasteiger partial charge in [0.2, 0.25) is 0 Å². The fraction of sp³-hybridized carbons (Fsp3) is 0.690. The lowest BCUT2D eigenvalue weighted by Crippen LogP contribution is -2.37. The van der Waals surface area contributed by atoms with E-state index in [-0.39, 0.29) is 26.1 Å². The Labute approximate surface area is 417 Å². The first-order chi connectivity index (χ1) is 33.0. The number of allylic oxidation sites excluding steroid dienone is 15. The number of ether oxygens (including phenoxy) is 2. The molecule has 68 heavy (non-hydrogen) atoms. The van der Waals surface area contributed by atoms with Crippen LogP contribution in [0.25, 0.3) is 0 Å². The van der Waals surface area contributed by atoms with Crippen LogP contribution >= 0.6 is 7.82 Å². The SMILES string of the molecule is CC/C=C\C/C=C\C/C=C\C/C=C\C/C=C\CC(=O)OC(COC(=O)CCCCCCCCCCCCCCCC/C=C\C/C=C\C/C=C\CCCCCCC)COP(=O)(O)OCC[N+](C)(C)C. The number of carbonyl (C=O) groups excluding carboxylic acids is 2. The zero-order chi connectivity index (χ0) is 49.9. The minimum atomic E-state index is -4.41. The fourth-order valence-electron chi connectivity index (χ4n) is 6.98. The molecule has 0 rings (SSSR count). The molecule has 0 saturated carbocycles. The van der Waals surface area contributed by atoms with Crippen LogP contribution in [0.5, 0.6) is 0 Å². The number of rotatable bonds is 48. The summed E-state index contributed by atoms with van der Waals surface area (Å²) in [7, 11) is 1.41. The van der Waals surface area contributed by atoms with Crippen molar-refractivity contribution in [1.82, 2.24) is 0 Å². The smallest absolute Gasteiger partial charge is 0.462 e. The van der Waals surface area contributed by atoms with Crippen LogP contribution in [-0.2, 0) is 32.7 Å². The first kappa shape index (κ1) is 64.9. The summed E-state index contributed by atoms with van der Waals surface area (Å²) in [6.45, 7) is 4.18. The average molecular weight is 971 g/mol. The number of hydrogen-bond acceptors (Lipinski definition) is 7. The highest BCUT2D eigenvalue weighted by molar-refractivity contribution is 7.47. The molecular weight excluding hydrogens is 870 g/mol. The molecule has 0 aromatic rings. The Morgan fingerprint density at radius 3 is 1.32 bits per heavy atom. The predicted molar refractivity (Wildman–Crippen MR) is 288 cm³/mol. The quantitative estimate of drug-likeness (QED) is 0.0211. The van der Waals surface area contributed by atoms with Crippen molar-refractivity contribution in [1.29, 1.82) is 0 Å². The number of hydrogen-bond donors (Lipinski definition) is 1. The third-order valence-corrected chi connectivity index (χ3v) is 12.1. The number of phosphoric ester groups is 1. The zero-order valence-corrected chi connectivity index (χ0v) is 45.0. The Kier molecular flexibility index (Phi) is 46.7. The maximum absolute atomic E-state index is 12.7. The van der Waals surface area contributed by atoms with Crippen molar-refractivity contribution in [3.8, 4) is 0 Å². The van der Waals surface area contributed by atoms with Crippen LogP contribution in [0.4, 0.5) is 0 Å². The number of likely N-dealkylation sites (N-methyl/N-ethyl adjacent to an activating group) is 1. The maximum atomic E-state index is 12.7. The summed E-state index contributed by atoms with van der Waals surface area (Å²) in [5.41, 5.74) is 0. The zero-order valence-electron chi connectivity index (χ0n) is 44.1. The molecule has 0 heterocycles. The normalized spacial score (nSPS) is 14.1. The van der Waals surface area contributed by atoms with Crippen LogP contribution in [-0.4, -0.2) is 74.9 Å². The van der Waals surface area contributed by atoms with Crippen molar-refractivity contribution in [3.05, 3.63) is 97.2 Å². The second-order valence-corrected chi connectivity index (χ2v) is 20.3. The average Bonchev–Trinajstić information content (AvgIpc) is 3.30. The lowest BCUT2D eigenvalue weighted by atomic mass is 10.0. The highest BCUT2D eigenvalue weighted by Gasteiger charge is 2.27. The van der Waals surface area contributed by atoms with E-state index in [0.29, 0.717) is 17.4 Å². The molecule has 0 spiro atoms. The number of esters is 2. The molecule has 0 aliphatic heterocycles. The standard InChI is InChI=1S/C58H100NO8P/c1-6-8-10-12-14-16-18-20-22-23-24-25-26-27-28-29-30-31-32-33-34-35-37-38-40-42-44-46-48-50-57(60)64-54-56(55-66-68(62,63)65-53-52-59(3,4)5)67-58(61)51-49-47-45-43-41-39-36-21-19-17-15-13-11-9-7-2/h9,11,15,17-18,20-21,23-24,26-27,36,41,43,47,49,56H,6-8,10,12-14,16,19,22,25,28-35,37-40,42,44-46,48,50-55H2,1-5H3/p+1/b11-9-,17-15-,20-18-,24-23-,27-26-,36-21-,43-41-,49-47-. The summed E-state index contributed by atoms with van der Waals surface area (Å²) >= 11 is 0. The summed E-state index contributed by atoms with van der Waals surface area (Å²) in [4.78, 5) is 35.5. The van der Waals surface area contributed by atoms with Gasteiger partial charge in [-0.3, -0.25) is 18.6 Å². The van der Waals surface area contributed by atoms with Crippen LogP contribution in [0.2, 0.25) is 0 Å². The lowest BCUT2D eigenvalue weighted by molar-refractivity contribution is -0.870. The van der Waals surface area contributed by atoms with E-state index >= 15 is 0 Å². The molecular formula is C58H101NO8P+. The molecule has 390 valence electrons. The Balaban J connectivity index is 4.20. The van der Waals surface area contributed by atoms with Gasteiger partial charge in [0, 0.05) is 6.42 Å². The van der Waals surface area contributed by atoms with Crippen molar-refractivity contribution < 1.29 is 42.1 Å². The first-order valence-electron chi connectivity index (χ1n) is 27.0. The molecule has 10 heteroatoms. The molecule has 1 N–H and O–H groups in total. The monoisotopic (exact) mass is 971 g/mol. The van der Waals surface area contributed by atoms with E-state index in [2.05, 4.69) is 92.8 Å². The lowest BCUT2D eigenvalue weighted by Gasteiger charge is -2.24. The van der Waals surface area contributed by atoms with Gasteiger partial charge in [0.1, 0.15) is 19.8 Å². The largest absolute Gasteiger partial charge is 0.472 e. The molecule has 9 nitrogen and oxygen atoms in total. The molecule has 0 saturated heterocycles. The Hall–Kier alpha value is -3.07. The van der Waals surface area contributed by atoms with Crippen LogP contribution in [0.3, 0.4) is 0 Å². The van der Waals surface area contributed by atoms with E-state index < -0.39 is 32.5 Å². The second kappa shape index (κ2) is 48.9. The molecule has 0 amide bonds. The summed E-state index contributed by atoms with van der Waals surface area (Å²) in [5.74, 6) is -0.950.